The molecule has 8 nitrogen and oxygen atoms in total. The van der Waals surface area contributed by atoms with Gasteiger partial charge in [0.15, 0.2) is 11.8 Å². The van der Waals surface area contributed by atoms with E-state index in [0.29, 0.717) is 12.0 Å². The number of hydrogen-bond donors (Lipinski definition) is 3. The van der Waals surface area contributed by atoms with Crippen LogP contribution < -0.4 is 40.2 Å². The zero-order chi connectivity index (χ0) is 24.1. The molecule has 174 valence electrons. The Kier molecular flexibility index (Phi) is 9.55. The molecule has 3 rings (SSSR count). The summed E-state index contributed by atoms with van der Waals surface area (Å²) < 4.78 is 13.6. The molecule has 34 heavy (non-hydrogen) atoms. The number of rotatable bonds is 7. The monoisotopic (exact) mass is 477 g/mol. The van der Waals surface area contributed by atoms with Crippen molar-refractivity contribution < 1.29 is 59.7 Å². The molecule has 0 saturated carbocycles. The van der Waals surface area contributed by atoms with E-state index in [1.807, 2.05) is 13.0 Å². The predicted octanol–water partition coefficient (Wildman–Crippen LogP) is -0.420. The Morgan fingerprint density at radius 1 is 1.21 bits per heavy atom. The van der Waals surface area contributed by atoms with Gasteiger partial charge < -0.3 is 22.1 Å². The Hall–Kier alpha value is -3.01. The number of carboxylic acids is 1. The number of carboxylic acid groups (broad SMARTS) is 1. The SMILES string of the molecule is Cc1ccc(F)cc1Cc1cccc([C@H](CC(=O)O)NC(=O)NC2C(=O)C=CN(C)C2=O)c1.[H-].[Na+]. The van der Waals surface area contributed by atoms with Gasteiger partial charge in [-0.3, -0.25) is 14.4 Å². The number of likely N-dealkylation sites (N-methyl/N-ethyl adjacent to an activating group) is 1. The van der Waals surface area contributed by atoms with Crippen molar-refractivity contribution in [2.75, 3.05) is 7.05 Å². The van der Waals surface area contributed by atoms with Gasteiger partial charge in [-0.2, -0.15) is 0 Å². The molecule has 1 aliphatic rings. The predicted molar refractivity (Wildman–Crippen MR) is 119 cm³/mol. The van der Waals surface area contributed by atoms with E-state index in [1.54, 1.807) is 24.3 Å². The normalized spacial score (nSPS) is 16.0. The summed E-state index contributed by atoms with van der Waals surface area (Å²) in [5.74, 6) is -2.66. The third-order valence-corrected chi connectivity index (χ3v) is 5.36. The first kappa shape index (κ1) is 27.2. The second-order valence-corrected chi connectivity index (χ2v) is 7.86. The zero-order valence-electron chi connectivity index (χ0n) is 20.2. The molecule has 1 aliphatic heterocycles. The van der Waals surface area contributed by atoms with Crippen molar-refractivity contribution in [3.8, 4) is 0 Å². The molecule has 0 saturated heterocycles. The van der Waals surface area contributed by atoms with Gasteiger partial charge in [0.25, 0.3) is 5.91 Å². The summed E-state index contributed by atoms with van der Waals surface area (Å²) in [6.07, 6.45) is 2.49. The summed E-state index contributed by atoms with van der Waals surface area (Å²) in [5, 5.41) is 14.2. The standard InChI is InChI=1S/C24H24FN3O5.Na.H/c1-14-6-7-18(25)12-17(14)11-15-4-3-5-16(10-15)19(13-21(30)31)26-24(33)27-22-20(29)8-9-28(2)23(22)32;;/h3-10,12,19,22H,11,13H2,1-2H3,(H,30,31)(H2,26,27,33);;/q;+1;-1/t19-,22?;;/m0../s1. The topological polar surface area (TPSA) is 116 Å². The summed E-state index contributed by atoms with van der Waals surface area (Å²) >= 11 is 0. The van der Waals surface area contributed by atoms with Crippen LogP contribution in [0, 0.1) is 12.7 Å². The van der Waals surface area contributed by atoms with E-state index in [0.717, 1.165) is 16.7 Å². The number of aliphatic carboxylic acids is 1. The van der Waals surface area contributed by atoms with Crippen LogP contribution in [-0.4, -0.2) is 46.8 Å². The van der Waals surface area contributed by atoms with E-state index in [9.17, 15) is 28.7 Å². The number of aryl methyl sites for hydroxylation is 1. The minimum atomic E-state index is -1.38. The first-order chi connectivity index (χ1) is 15.6. The number of halogens is 1. The molecule has 2 aromatic carbocycles. The molecule has 2 aromatic rings. The fourth-order valence-electron chi connectivity index (χ4n) is 3.54. The fourth-order valence-corrected chi connectivity index (χ4v) is 3.54. The largest absolute Gasteiger partial charge is 1.00 e. The average Bonchev–Trinajstić information content (AvgIpc) is 2.76. The molecule has 1 unspecified atom stereocenters. The summed E-state index contributed by atoms with van der Waals surface area (Å²) in [6, 6.07) is 8.34. The Bertz CT molecular complexity index is 1140. The number of urea groups is 1. The number of carbonyl (C=O) groups excluding carboxylic acids is 3. The summed E-state index contributed by atoms with van der Waals surface area (Å²) in [6.45, 7) is 1.87. The molecule has 0 fully saturated rings. The number of amides is 3. The number of hydrogen-bond acceptors (Lipinski definition) is 4. The third kappa shape index (κ3) is 6.99. The van der Waals surface area contributed by atoms with Crippen molar-refractivity contribution in [3.05, 3.63) is 82.8 Å². The maximum Gasteiger partial charge on any atom is 1.00 e. The second kappa shape index (κ2) is 11.9. The van der Waals surface area contributed by atoms with Crippen molar-refractivity contribution >= 4 is 23.7 Å². The minimum absolute atomic E-state index is 0. The van der Waals surface area contributed by atoms with Gasteiger partial charge in [-0.1, -0.05) is 30.3 Å². The molecule has 0 aliphatic carbocycles. The fraction of sp³-hybridized carbons (Fsp3) is 0.250. The van der Waals surface area contributed by atoms with Crippen LogP contribution in [0.25, 0.3) is 0 Å². The molecule has 3 N–H and O–H groups in total. The van der Waals surface area contributed by atoms with Crippen molar-refractivity contribution in [2.45, 2.75) is 31.8 Å². The molecule has 0 bridgehead atoms. The van der Waals surface area contributed by atoms with E-state index in [1.165, 1.54) is 36.4 Å². The van der Waals surface area contributed by atoms with Gasteiger partial charge in [-0.05, 0) is 47.7 Å². The molecule has 2 atom stereocenters. The average molecular weight is 477 g/mol. The number of nitrogens with one attached hydrogen (secondary N) is 2. The summed E-state index contributed by atoms with van der Waals surface area (Å²) in [4.78, 5) is 49.3. The Morgan fingerprint density at radius 3 is 2.65 bits per heavy atom. The van der Waals surface area contributed by atoms with Gasteiger partial charge in [-0.15, -0.1) is 0 Å². The van der Waals surface area contributed by atoms with E-state index < -0.39 is 42.2 Å². The van der Waals surface area contributed by atoms with Crippen LogP contribution in [0.1, 0.15) is 36.1 Å². The van der Waals surface area contributed by atoms with Gasteiger partial charge >= 0.3 is 41.6 Å². The van der Waals surface area contributed by atoms with Crippen LogP contribution in [0.3, 0.4) is 0 Å². The first-order valence-electron chi connectivity index (χ1n) is 10.3. The molecular weight excluding hydrogens is 452 g/mol. The number of carbonyl (C=O) groups is 4. The van der Waals surface area contributed by atoms with Gasteiger partial charge in [0.1, 0.15) is 5.82 Å². The quantitative estimate of drug-likeness (QED) is 0.370. The van der Waals surface area contributed by atoms with E-state index in [-0.39, 0.29) is 36.8 Å². The maximum absolute atomic E-state index is 13.6. The zero-order valence-corrected chi connectivity index (χ0v) is 21.2. The Morgan fingerprint density at radius 2 is 1.94 bits per heavy atom. The van der Waals surface area contributed by atoms with Crippen molar-refractivity contribution in [3.63, 3.8) is 0 Å². The molecule has 0 spiro atoms. The number of nitrogens with zero attached hydrogens (tertiary/aromatic N) is 1. The maximum atomic E-state index is 13.6. The molecule has 1 heterocycles. The Balaban J connectivity index is 0.00000306. The van der Waals surface area contributed by atoms with E-state index in [4.69, 9.17) is 0 Å². The van der Waals surface area contributed by atoms with Crippen LogP contribution in [0.2, 0.25) is 0 Å². The van der Waals surface area contributed by atoms with Gasteiger partial charge in [-0.25, -0.2) is 9.18 Å². The minimum Gasteiger partial charge on any atom is -1.00 e. The van der Waals surface area contributed by atoms with Gasteiger partial charge in [0.05, 0.1) is 12.5 Å². The van der Waals surface area contributed by atoms with Crippen LogP contribution in [0.4, 0.5) is 9.18 Å². The van der Waals surface area contributed by atoms with Gasteiger partial charge in [0.2, 0.25) is 0 Å². The molecular formula is C24H25FN3NaO5. The Labute approximate surface area is 220 Å². The molecule has 3 amide bonds. The van der Waals surface area contributed by atoms with Crippen LogP contribution in [0.15, 0.2) is 54.7 Å². The number of ketones is 1. The van der Waals surface area contributed by atoms with E-state index >= 15 is 0 Å². The van der Waals surface area contributed by atoms with Gasteiger partial charge in [0, 0.05) is 19.3 Å². The first-order valence-corrected chi connectivity index (χ1v) is 10.3. The van der Waals surface area contributed by atoms with E-state index in [2.05, 4.69) is 10.6 Å². The molecule has 0 radical (unpaired) electrons. The van der Waals surface area contributed by atoms with Crippen molar-refractivity contribution in [1.82, 2.24) is 15.5 Å². The van der Waals surface area contributed by atoms with Crippen LogP contribution in [0.5, 0.6) is 0 Å². The second-order valence-electron chi connectivity index (χ2n) is 7.86. The molecule has 10 heteroatoms. The number of benzene rings is 2. The summed E-state index contributed by atoms with van der Waals surface area (Å²) in [5.41, 5.74) is 3.04. The van der Waals surface area contributed by atoms with Crippen LogP contribution in [-0.2, 0) is 20.8 Å². The molecule has 0 aromatic heterocycles. The summed E-state index contributed by atoms with van der Waals surface area (Å²) in [7, 11) is 1.46. The van der Waals surface area contributed by atoms with Crippen molar-refractivity contribution in [1.29, 1.82) is 0 Å². The third-order valence-electron chi connectivity index (χ3n) is 5.36. The van der Waals surface area contributed by atoms with Crippen molar-refractivity contribution in [2.24, 2.45) is 0 Å². The van der Waals surface area contributed by atoms with Crippen LogP contribution >= 0.6 is 0 Å². The smallest absolute Gasteiger partial charge is 1.00 e.